The van der Waals surface area contributed by atoms with E-state index in [1.54, 1.807) is 31.2 Å². The third kappa shape index (κ3) is 4.43. The van der Waals surface area contributed by atoms with E-state index < -0.39 is 17.7 Å². The Bertz CT molecular complexity index is 1040. The molecule has 1 aromatic heterocycles. The largest absolute Gasteiger partial charge is 0.497 e. The van der Waals surface area contributed by atoms with Crippen LogP contribution in [0.3, 0.4) is 0 Å². The number of methoxy groups -OCH3 is 1. The molecule has 8 heteroatoms. The molecule has 0 radical (unpaired) electrons. The minimum absolute atomic E-state index is 0.0242. The number of benzene rings is 2. The number of aromatic carboxylic acids is 1. The van der Waals surface area contributed by atoms with Crippen molar-refractivity contribution < 1.29 is 23.8 Å². The lowest BCUT2D eigenvalue weighted by atomic mass is 10.1. The van der Waals surface area contributed by atoms with E-state index in [1.165, 1.54) is 36.1 Å². The number of aryl methyl sites for hydroxylation is 1. The third-order valence-corrected chi connectivity index (χ3v) is 4.34. The van der Waals surface area contributed by atoms with Gasteiger partial charge in [0.2, 0.25) is 5.91 Å². The summed E-state index contributed by atoms with van der Waals surface area (Å²) in [7, 11) is 1.53. The highest BCUT2D eigenvalue weighted by Gasteiger charge is 2.25. The van der Waals surface area contributed by atoms with Gasteiger partial charge in [-0.15, -0.1) is 0 Å². The summed E-state index contributed by atoms with van der Waals surface area (Å²) in [5.41, 5.74) is 1.43. The van der Waals surface area contributed by atoms with Crippen LogP contribution >= 0.6 is 0 Å². The van der Waals surface area contributed by atoms with Gasteiger partial charge in [0.15, 0.2) is 5.69 Å². The molecule has 3 aromatic rings. The minimum Gasteiger partial charge on any atom is -0.497 e. The molecule has 3 rings (SSSR count). The smallest absolute Gasteiger partial charge is 0.356 e. The molecule has 0 spiro atoms. The first-order valence-electron chi connectivity index (χ1n) is 8.95. The Morgan fingerprint density at radius 2 is 1.93 bits per heavy atom. The van der Waals surface area contributed by atoms with Crippen molar-refractivity contribution in [2.45, 2.75) is 19.9 Å². The summed E-state index contributed by atoms with van der Waals surface area (Å²) in [6, 6.07) is 12.5. The van der Waals surface area contributed by atoms with Crippen molar-refractivity contribution in [2.24, 2.45) is 0 Å². The molecule has 2 aromatic carbocycles. The van der Waals surface area contributed by atoms with Gasteiger partial charge in [-0.25, -0.2) is 9.18 Å². The summed E-state index contributed by atoms with van der Waals surface area (Å²) in [6.45, 7) is 2.04. The van der Waals surface area contributed by atoms with Gasteiger partial charge in [0.1, 0.15) is 22.9 Å². The highest BCUT2D eigenvalue weighted by Crippen LogP contribution is 2.31. The number of carboxylic acids is 1. The average molecular weight is 397 g/mol. The van der Waals surface area contributed by atoms with Crippen LogP contribution in [-0.2, 0) is 17.8 Å². The van der Waals surface area contributed by atoms with E-state index in [0.717, 1.165) is 0 Å². The molecule has 0 saturated heterocycles. The summed E-state index contributed by atoms with van der Waals surface area (Å²) >= 11 is 0. The average Bonchev–Trinajstić information content (AvgIpc) is 3.07. The van der Waals surface area contributed by atoms with Gasteiger partial charge in [0, 0.05) is 12.1 Å². The lowest BCUT2D eigenvalue weighted by molar-refractivity contribution is -0.115. The van der Waals surface area contributed by atoms with Crippen LogP contribution < -0.4 is 10.1 Å². The van der Waals surface area contributed by atoms with Gasteiger partial charge in [-0.1, -0.05) is 12.1 Å². The fraction of sp³-hybridized carbons (Fsp3) is 0.190. The Balaban J connectivity index is 1.97. The standard InChI is InChI=1S/C21H20FN3O4/c1-3-25-20(21(27)28)19(18(24-25)14-7-9-15(22)10-8-14)23-17(26)12-13-5-4-6-16(11-13)29-2/h4-11H,3,12H2,1-2H3,(H,23,26)(H,27,28). The molecule has 2 N–H and O–H groups in total. The summed E-state index contributed by atoms with van der Waals surface area (Å²) in [4.78, 5) is 24.5. The van der Waals surface area contributed by atoms with Gasteiger partial charge in [-0.2, -0.15) is 5.10 Å². The van der Waals surface area contributed by atoms with E-state index in [-0.39, 0.29) is 23.5 Å². The number of carbonyl (C=O) groups excluding carboxylic acids is 1. The second kappa shape index (κ2) is 8.55. The van der Waals surface area contributed by atoms with E-state index in [2.05, 4.69) is 10.4 Å². The highest BCUT2D eigenvalue weighted by molar-refractivity contribution is 6.04. The Morgan fingerprint density at radius 1 is 1.21 bits per heavy atom. The second-order valence-corrected chi connectivity index (χ2v) is 6.28. The molecule has 7 nitrogen and oxygen atoms in total. The van der Waals surface area contributed by atoms with Crippen LogP contribution in [0.4, 0.5) is 10.1 Å². The minimum atomic E-state index is -1.22. The number of amides is 1. The lowest BCUT2D eigenvalue weighted by Crippen LogP contribution is -2.18. The normalized spacial score (nSPS) is 10.6. The van der Waals surface area contributed by atoms with Crippen LogP contribution in [0, 0.1) is 5.82 Å². The molecular formula is C21H20FN3O4. The molecule has 29 heavy (non-hydrogen) atoms. The van der Waals surface area contributed by atoms with Crippen molar-refractivity contribution in [1.82, 2.24) is 9.78 Å². The van der Waals surface area contributed by atoms with Gasteiger partial charge in [-0.05, 0) is 48.9 Å². The first-order chi connectivity index (χ1) is 13.9. The zero-order chi connectivity index (χ0) is 21.0. The third-order valence-electron chi connectivity index (χ3n) is 4.34. The number of anilines is 1. The molecule has 0 aliphatic heterocycles. The fourth-order valence-electron chi connectivity index (χ4n) is 2.99. The maximum atomic E-state index is 13.3. The molecule has 0 bridgehead atoms. The topological polar surface area (TPSA) is 93.5 Å². The van der Waals surface area contributed by atoms with Gasteiger partial charge in [-0.3, -0.25) is 9.48 Å². The van der Waals surface area contributed by atoms with Crippen LogP contribution in [0.2, 0.25) is 0 Å². The van der Waals surface area contributed by atoms with Crippen molar-refractivity contribution in [2.75, 3.05) is 12.4 Å². The number of carbonyl (C=O) groups is 2. The lowest BCUT2D eigenvalue weighted by Gasteiger charge is -2.09. The monoisotopic (exact) mass is 397 g/mol. The Kier molecular flexibility index (Phi) is 5.92. The molecule has 0 aliphatic rings. The molecule has 0 saturated carbocycles. The zero-order valence-corrected chi connectivity index (χ0v) is 16.0. The van der Waals surface area contributed by atoms with Crippen molar-refractivity contribution in [3.8, 4) is 17.0 Å². The number of ether oxygens (including phenoxy) is 1. The molecule has 1 amide bonds. The van der Waals surface area contributed by atoms with E-state index >= 15 is 0 Å². The SMILES string of the molecule is CCn1nc(-c2ccc(F)cc2)c(NC(=O)Cc2cccc(OC)c2)c1C(=O)O. The molecule has 1 heterocycles. The molecule has 0 fully saturated rings. The summed E-state index contributed by atoms with van der Waals surface area (Å²) in [5.74, 6) is -1.43. The quantitative estimate of drug-likeness (QED) is 0.635. The maximum Gasteiger partial charge on any atom is 0.356 e. The Labute approximate surface area is 166 Å². The first kappa shape index (κ1) is 20.1. The number of aromatic nitrogens is 2. The van der Waals surface area contributed by atoms with Crippen LogP contribution in [-0.4, -0.2) is 33.9 Å². The number of nitrogens with zero attached hydrogens (tertiary/aromatic N) is 2. The number of nitrogens with one attached hydrogen (secondary N) is 1. The van der Waals surface area contributed by atoms with Crippen molar-refractivity contribution in [3.63, 3.8) is 0 Å². The highest BCUT2D eigenvalue weighted by atomic mass is 19.1. The molecule has 0 aliphatic carbocycles. The van der Waals surface area contributed by atoms with Crippen LogP contribution in [0.1, 0.15) is 23.0 Å². The maximum absolute atomic E-state index is 13.3. The van der Waals surface area contributed by atoms with E-state index in [0.29, 0.717) is 23.4 Å². The van der Waals surface area contributed by atoms with Crippen LogP contribution in [0.25, 0.3) is 11.3 Å². The van der Waals surface area contributed by atoms with Crippen molar-refractivity contribution in [1.29, 1.82) is 0 Å². The van der Waals surface area contributed by atoms with Gasteiger partial charge >= 0.3 is 5.97 Å². The number of carboxylic acid groups (broad SMARTS) is 1. The number of hydrogen-bond acceptors (Lipinski definition) is 4. The molecule has 150 valence electrons. The first-order valence-corrected chi connectivity index (χ1v) is 8.95. The molecular weight excluding hydrogens is 377 g/mol. The van der Waals surface area contributed by atoms with E-state index in [1.807, 2.05) is 0 Å². The number of hydrogen-bond donors (Lipinski definition) is 2. The summed E-state index contributed by atoms with van der Waals surface area (Å²) in [6.07, 6.45) is 0.0242. The van der Waals surface area contributed by atoms with Crippen molar-refractivity contribution in [3.05, 3.63) is 65.6 Å². The van der Waals surface area contributed by atoms with Crippen molar-refractivity contribution >= 4 is 17.6 Å². The van der Waals surface area contributed by atoms with Gasteiger partial charge in [0.05, 0.1) is 13.5 Å². The summed E-state index contributed by atoms with van der Waals surface area (Å²) < 4.78 is 19.7. The zero-order valence-electron chi connectivity index (χ0n) is 16.0. The number of halogens is 1. The predicted octanol–water partition coefficient (Wildman–Crippen LogP) is 3.60. The van der Waals surface area contributed by atoms with E-state index in [9.17, 15) is 19.1 Å². The Morgan fingerprint density at radius 3 is 2.55 bits per heavy atom. The second-order valence-electron chi connectivity index (χ2n) is 6.28. The Hall–Kier alpha value is -3.68. The van der Waals surface area contributed by atoms with Crippen LogP contribution in [0.15, 0.2) is 48.5 Å². The fourth-order valence-corrected chi connectivity index (χ4v) is 2.99. The van der Waals surface area contributed by atoms with Gasteiger partial charge in [0.25, 0.3) is 0 Å². The van der Waals surface area contributed by atoms with E-state index in [4.69, 9.17) is 4.74 Å². The summed E-state index contributed by atoms with van der Waals surface area (Å²) in [5, 5.41) is 16.7. The molecule has 0 unspecified atom stereocenters. The molecule has 0 atom stereocenters. The van der Waals surface area contributed by atoms with Crippen LogP contribution in [0.5, 0.6) is 5.75 Å². The van der Waals surface area contributed by atoms with Gasteiger partial charge < -0.3 is 15.2 Å². The number of rotatable bonds is 7. The predicted molar refractivity (Wildman–Crippen MR) is 106 cm³/mol.